The number of rotatable bonds is 10. The van der Waals surface area contributed by atoms with Crippen molar-refractivity contribution in [3.63, 3.8) is 0 Å². The van der Waals surface area contributed by atoms with Gasteiger partial charge in [0, 0.05) is 16.2 Å². The van der Waals surface area contributed by atoms with Crippen molar-refractivity contribution in [2.45, 2.75) is 69.9 Å². The number of carbonyl (C=O) groups excluding carboxylic acids is 1. The first-order chi connectivity index (χ1) is 11.8. The Hall–Kier alpha value is -1.46. The summed E-state index contributed by atoms with van der Waals surface area (Å²) in [5.74, 6) is -0.114. The fourth-order valence-corrected chi connectivity index (χ4v) is 3.34. The molecule has 0 aliphatic heterocycles. The van der Waals surface area contributed by atoms with Gasteiger partial charge in [0.15, 0.2) is 0 Å². The standard InChI is InChI=1S/C20H31NO3S/c1-7-8-16(6)21-19(14(2)3)20(22)24-13-17-9-11-18(12-10-17)25(23)15(4)5/h7,9-12,14-16,19,21H,1,8,13H2,2-6H3/t16?,19-,25?/m0/s1. The number of hydrogen-bond donors (Lipinski definition) is 1. The number of carbonyl (C=O) groups is 1. The second kappa shape index (κ2) is 10.5. The zero-order valence-corrected chi connectivity index (χ0v) is 16.8. The molecule has 140 valence electrons. The summed E-state index contributed by atoms with van der Waals surface area (Å²) >= 11 is 0. The largest absolute Gasteiger partial charge is 0.460 e. The summed E-state index contributed by atoms with van der Waals surface area (Å²) in [6.07, 6.45) is 2.63. The zero-order chi connectivity index (χ0) is 19.0. The van der Waals surface area contributed by atoms with Gasteiger partial charge < -0.3 is 10.1 Å². The quantitative estimate of drug-likeness (QED) is 0.506. The molecular formula is C20H31NO3S. The third kappa shape index (κ3) is 7.12. The Labute approximate surface area is 154 Å². The SMILES string of the molecule is C=CCC(C)N[C@H](C(=O)OCc1ccc(S(=O)C(C)C)cc1)C(C)C. The van der Waals surface area contributed by atoms with Crippen molar-refractivity contribution in [1.82, 2.24) is 5.32 Å². The molecule has 1 aromatic rings. The molecule has 0 amide bonds. The maximum atomic E-state index is 12.4. The Kier molecular flexibility index (Phi) is 9.08. The van der Waals surface area contributed by atoms with Crippen molar-refractivity contribution in [2.24, 2.45) is 5.92 Å². The van der Waals surface area contributed by atoms with E-state index in [4.69, 9.17) is 4.74 Å². The summed E-state index contributed by atoms with van der Waals surface area (Å²) in [6.45, 7) is 13.8. The van der Waals surface area contributed by atoms with Crippen molar-refractivity contribution >= 4 is 16.8 Å². The molecule has 25 heavy (non-hydrogen) atoms. The van der Waals surface area contributed by atoms with Gasteiger partial charge in [-0.1, -0.05) is 45.9 Å². The van der Waals surface area contributed by atoms with Gasteiger partial charge in [-0.25, -0.2) is 0 Å². The summed E-state index contributed by atoms with van der Waals surface area (Å²) in [5, 5.41) is 3.39. The van der Waals surface area contributed by atoms with Crippen LogP contribution in [0.25, 0.3) is 0 Å². The van der Waals surface area contributed by atoms with Crippen molar-refractivity contribution in [3.8, 4) is 0 Å². The molecule has 0 saturated heterocycles. The molecule has 0 bridgehead atoms. The molecule has 0 heterocycles. The minimum atomic E-state index is -1.00. The van der Waals surface area contributed by atoms with Crippen LogP contribution in [0.2, 0.25) is 0 Å². The van der Waals surface area contributed by atoms with E-state index >= 15 is 0 Å². The number of ether oxygens (including phenoxy) is 1. The van der Waals surface area contributed by atoms with Crippen LogP contribution in [0.5, 0.6) is 0 Å². The van der Waals surface area contributed by atoms with Crippen molar-refractivity contribution in [2.75, 3.05) is 0 Å². The third-order valence-electron chi connectivity index (χ3n) is 3.87. The summed E-state index contributed by atoms with van der Waals surface area (Å²) in [5.41, 5.74) is 0.888. The molecule has 0 aromatic heterocycles. The highest BCUT2D eigenvalue weighted by Gasteiger charge is 2.24. The second-order valence-electron chi connectivity index (χ2n) is 6.91. The third-order valence-corrected chi connectivity index (χ3v) is 5.46. The number of nitrogens with one attached hydrogen (secondary N) is 1. The molecule has 0 radical (unpaired) electrons. The molecular weight excluding hydrogens is 334 g/mol. The van der Waals surface area contributed by atoms with E-state index in [1.54, 1.807) is 0 Å². The average molecular weight is 366 g/mol. The van der Waals surface area contributed by atoms with Gasteiger partial charge in [-0.05, 0) is 37.0 Å². The predicted molar refractivity (Wildman–Crippen MR) is 104 cm³/mol. The molecule has 0 aliphatic carbocycles. The van der Waals surface area contributed by atoms with E-state index in [0.29, 0.717) is 0 Å². The average Bonchev–Trinajstić information content (AvgIpc) is 2.57. The molecule has 0 saturated carbocycles. The van der Waals surface area contributed by atoms with E-state index < -0.39 is 10.8 Å². The molecule has 0 fully saturated rings. The maximum Gasteiger partial charge on any atom is 0.323 e. The number of hydrogen-bond acceptors (Lipinski definition) is 4. The summed E-state index contributed by atoms with van der Waals surface area (Å²) in [7, 11) is -1.00. The van der Waals surface area contributed by atoms with Crippen LogP contribution < -0.4 is 5.32 Å². The lowest BCUT2D eigenvalue weighted by Crippen LogP contribution is -2.46. The predicted octanol–water partition coefficient (Wildman–Crippen LogP) is 3.82. The van der Waals surface area contributed by atoms with Crippen molar-refractivity contribution < 1.29 is 13.7 Å². The minimum absolute atomic E-state index is 0.0825. The Morgan fingerprint density at radius 1 is 1.20 bits per heavy atom. The van der Waals surface area contributed by atoms with Gasteiger partial charge in [-0.2, -0.15) is 0 Å². The summed E-state index contributed by atoms with van der Waals surface area (Å²) in [6, 6.07) is 7.22. The molecule has 0 aliphatic rings. The van der Waals surface area contributed by atoms with Crippen molar-refractivity contribution in [1.29, 1.82) is 0 Å². The topological polar surface area (TPSA) is 55.4 Å². The van der Waals surface area contributed by atoms with Crippen LogP contribution >= 0.6 is 0 Å². The summed E-state index contributed by atoms with van der Waals surface area (Å²) < 4.78 is 17.5. The van der Waals surface area contributed by atoms with Gasteiger partial charge in [0.25, 0.3) is 0 Å². The van der Waals surface area contributed by atoms with Gasteiger partial charge in [0.05, 0.1) is 10.8 Å². The molecule has 2 unspecified atom stereocenters. The molecule has 1 rings (SSSR count). The molecule has 3 atom stereocenters. The highest BCUT2D eigenvalue weighted by atomic mass is 32.2. The van der Waals surface area contributed by atoms with Crippen LogP contribution in [0.1, 0.15) is 46.6 Å². The van der Waals surface area contributed by atoms with E-state index in [2.05, 4.69) is 11.9 Å². The lowest BCUT2D eigenvalue weighted by atomic mass is 10.0. The van der Waals surface area contributed by atoms with Crippen LogP contribution in [0.15, 0.2) is 41.8 Å². The first-order valence-electron chi connectivity index (χ1n) is 8.79. The Balaban J connectivity index is 2.64. The normalized spacial score (nSPS) is 15.0. The van der Waals surface area contributed by atoms with Crippen LogP contribution in [-0.2, 0) is 26.9 Å². The smallest absolute Gasteiger partial charge is 0.323 e. The number of esters is 1. The van der Waals surface area contributed by atoms with Crippen molar-refractivity contribution in [3.05, 3.63) is 42.5 Å². The number of benzene rings is 1. The maximum absolute atomic E-state index is 12.4. The molecule has 1 N–H and O–H groups in total. The van der Waals surface area contributed by atoms with Gasteiger partial charge >= 0.3 is 5.97 Å². The molecule has 1 aromatic carbocycles. The first kappa shape index (κ1) is 21.6. The Bertz CT molecular complexity index is 581. The fraction of sp³-hybridized carbons (Fsp3) is 0.550. The van der Waals surface area contributed by atoms with Gasteiger partial charge in [0.2, 0.25) is 0 Å². The van der Waals surface area contributed by atoms with E-state index in [9.17, 15) is 9.00 Å². The Morgan fingerprint density at radius 2 is 1.80 bits per heavy atom. The van der Waals surface area contributed by atoms with Crippen LogP contribution in [0.3, 0.4) is 0 Å². The first-order valence-corrected chi connectivity index (χ1v) is 10.0. The van der Waals surface area contributed by atoms with E-state index in [1.165, 1.54) is 0 Å². The van der Waals surface area contributed by atoms with E-state index in [0.717, 1.165) is 16.9 Å². The summed E-state index contributed by atoms with van der Waals surface area (Å²) in [4.78, 5) is 13.2. The lowest BCUT2D eigenvalue weighted by Gasteiger charge is -2.24. The van der Waals surface area contributed by atoms with E-state index in [-0.39, 0.29) is 35.8 Å². The van der Waals surface area contributed by atoms with Crippen LogP contribution in [0.4, 0.5) is 0 Å². The Morgan fingerprint density at radius 3 is 2.28 bits per heavy atom. The van der Waals surface area contributed by atoms with Crippen LogP contribution in [0, 0.1) is 5.92 Å². The molecule has 0 spiro atoms. The van der Waals surface area contributed by atoms with Gasteiger partial charge in [-0.15, -0.1) is 6.58 Å². The fourth-order valence-electron chi connectivity index (χ4n) is 2.39. The van der Waals surface area contributed by atoms with E-state index in [1.807, 2.05) is 65.0 Å². The minimum Gasteiger partial charge on any atom is -0.460 e. The monoisotopic (exact) mass is 365 g/mol. The second-order valence-corrected chi connectivity index (χ2v) is 8.92. The lowest BCUT2D eigenvalue weighted by molar-refractivity contribution is -0.149. The molecule has 5 heteroatoms. The highest BCUT2D eigenvalue weighted by molar-refractivity contribution is 7.85. The van der Waals surface area contributed by atoms with Gasteiger partial charge in [-0.3, -0.25) is 9.00 Å². The highest BCUT2D eigenvalue weighted by Crippen LogP contribution is 2.14. The van der Waals surface area contributed by atoms with Crippen LogP contribution in [-0.4, -0.2) is 27.5 Å². The molecule has 4 nitrogen and oxygen atoms in total. The zero-order valence-electron chi connectivity index (χ0n) is 16.0. The van der Waals surface area contributed by atoms with Gasteiger partial charge in [0.1, 0.15) is 12.6 Å².